The Hall–Kier alpha value is -1.09. The fourth-order valence-electron chi connectivity index (χ4n) is 2.12. The Kier molecular flexibility index (Phi) is 3.15. The maximum Gasteiger partial charge on any atom is 0.144 e. The number of nitrogens with one attached hydrogen (secondary N) is 1. The predicted octanol–water partition coefficient (Wildman–Crippen LogP) is 4.26. The average Bonchev–Trinajstić information content (AvgIpc) is 2.67. The van der Waals surface area contributed by atoms with Crippen molar-refractivity contribution >= 4 is 22.5 Å². The van der Waals surface area contributed by atoms with Crippen molar-refractivity contribution in [2.75, 3.05) is 0 Å². The minimum Gasteiger partial charge on any atom is -0.278 e. The first kappa shape index (κ1) is 11.4. The van der Waals surface area contributed by atoms with Crippen molar-refractivity contribution in [1.29, 1.82) is 0 Å². The number of hydrogen-bond acceptors (Lipinski definition) is 1. The van der Waals surface area contributed by atoms with Crippen LogP contribution in [0, 0.1) is 5.82 Å². The number of fused-ring (bicyclic) bond motifs is 1. The van der Waals surface area contributed by atoms with Crippen LogP contribution < -0.4 is 0 Å². The van der Waals surface area contributed by atoms with Crippen molar-refractivity contribution in [3.05, 3.63) is 28.7 Å². The van der Waals surface area contributed by atoms with Crippen LogP contribution in [0.25, 0.3) is 10.9 Å². The molecule has 0 aliphatic heterocycles. The van der Waals surface area contributed by atoms with E-state index in [2.05, 4.69) is 24.0 Å². The lowest BCUT2D eigenvalue weighted by Gasteiger charge is -2.14. The molecule has 86 valence electrons. The van der Waals surface area contributed by atoms with E-state index in [0.29, 0.717) is 5.52 Å². The first-order chi connectivity index (χ1) is 7.65. The molecule has 2 rings (SSSR count). The van der Waals surface area contributed by atoms with E-state index >= 15 is 0 Å². The van der Waals surface area contributed by atoms with Crippen molar-refractivity contribution < 1.29 is 4.39 Å². The Balaban J connectivity index is 2.64. The summed E-state index contributed by atoms with van der Waals surface area (Å²) in [5.74, 6) is -0.135. The molecule has 0 aliphatic rings. The first-order valence-electron chi connectivity index (χ1n) is 5.46. The Labute approximate surface area is 98.8 Å². The van der Waals surface area contributed by atoms with E-state index < -0.39 is 0 Å². The number of halogens is 2. The number of benzene rings is 1. The number of nitrogens with zero attached hydrogens (tertiary/aromatic N) is 1. The van der Waals surface area contributed by atoms with Gasteiger partial charge in [0.15, 0.2) is 0 Å². The molecular weight excluding hydrogens is 227 g/mol. The molecule has 0 saturated heterocycles. The van der Waals surface area contributed by atoms with Gasteiger partial charge in [0.25, 0.3) is 0 Å². The maximum absolute atomic E-state index is 13.6. The van der Waals surface area contributed by atoms with Crippen LogP contribution in [0.4, 0.5) is 4.39 Å². The highest BCUT2D eigenvalue weighted by molar-refractivity contribution is 6.32. The van der Waals surface area contributed by atoms with Crippen LogP contribution in [0.5, 0.6) is 0 Å². The normalized spacial score (nSPS) is 13.2. The van der Waals surface area contributed by atoms with Gasteiger partial charge >= 0.3 is 0 Å². The molecule has 1 atom stereocenters. The second-order valence-corrected chi connectivity index (χ2v) is 4.48. The molecular formula is C12H14ClFN2. The molecule has 1 heterocycles. The van der Waals surface area contributed by atoms with Crippen molar-refractivity contribution in [1.82, 2.24) is 10.2 Å². The van der Waals surface area contributed by atoms with Crippen LogP contribution in [0.2, 0.25) is 5.02 Å². The summed E-state index contributed by atoms with van der Waals surface area (Å²) in [6.45, 7) is 4.17. The summed E-state index contributed by atoms with van der Waals surface area (Å²) in [7, 11) is 0. The molecule has 1 unspecified atom stereocenters. The quantitative estimate of drug-likeness (QED) is 0.853. The molecule has 0 aliphatic carbocycles. The molecule has 16 heavy (non-hydrogen) atoms. The third-order valence-electron chi connectivity index (χ3n) is 2.89. The number of hydrogen-bond donors (Lipinski definition) is 1. The molecule has 0 bridgehead atoms. The molecule has 2 aromatic rings. The van der Waals surface area contributed by atoms with Crippen LogP contribution in [-0.2, 0) is 0 Å². The number of rotatable bonds is 3. The van der Waals surface area contributed by atoms with Crippen LogP contribution in [0.3, 0.4) is 0 Å². The Bertz CT molecular complexity index is 507. The fourth-order valence-corrected chi connectivity index (χ4v) is 2.46. The first-order valence-corrected chi connectivity index (χ1v) is 5.84. The third kappa shape index (κ3) is 1.80. The van der Waals surface area contributed by atoms with Crippen molar-refractivity contribution in [3.8, 4) is 0 Å². The van der Waals surface area contributed by atoms with Crippen molar-refractivity contribution in [2.24, 2.45) is 0 Å². The molecule has 0 fully saturated rings. The van der Waals surface area contributed by atoms with Gasteiger partial charge in [-0.15, -0.1) is 0 Å². The Morgan fingerprint density at radius 1 is 1.56 bits per heavy atom. The molecule has 0 amide bonds. The van der Waals surface area contributed by atoms with Gasteiger partial charge in [-0.1, -0.05) is 31.9 Å². The van der Waals surface area contributed by atoms with Gasteiger partial charge in [-0.2, -0.15) is 5.10 Å². The predicted molar refractivity (Wildman–Crippen MR) is 64.4 cm³/mol. The van der Waals surface area contributed by atoms with Gasteiger partial charge in [-0.3, -0.25) is 5.10 Å². The maximum atomic E-state index is 13.6. The second-order valence-electron chi connectivity index (χ2n) is 4.11. The lowest BCUT2D eigenvalue weighted by Crippen LogP contribution is -1.97. The molecule has 1 aromatic carbocycles. The van der Waals surface area contributed by atoms with Gasteiger partial charge in [0.1, 0.15) is 5.82 Å². The zero-order chi connectivity index (χ0) is 11.7. The molecule has 1 N–H and O–H groups in total. The summed E-state index contributed by atoms with van der Waals surface area (Å²) in [6.07, 6.45) is 3.75. The van der Waals surface area contributed by atoms with Crippen LogP contribution in [0.1, 0.15) is 38.2 Å². The SMILES string of the molecule is CCCC(C)c1c(Cl)c(F)cc2[nH]ncc12. The zero-order valence-corrected chi connectivity index (χ0v) is 10.1. The van der Waals surface area contributed by atoms with E-state index in [1.54, 1.807) is 6.20 Å². The molecule has 0 saturated carbocycles. The fraction of sp³-hybridized carbons (Fsp3) is 0.417. The topological polar surface area (TPSA) is 28.7 Å². The molecule has 4 heteroatoms. The highest BCUT2D eigenvalue weighted by Gasteiger charge is 2.17. The van der Waals surface area contributed by atoms with E-state index in [-0.39, 0.29) is 16.8 Å². The number of aromatic amines is 1. The average molecular weight is 241 g/mol. The second kappa shape index (κ2) is 4.42. The van der Waals surface area contributed by atoms with Crippen LogP contribution in [0.15, 0.2) is 12.3 Å². The monoisotopic (exact) mass is 240 g/mol. The third-order valence-corrected chi connectivity index (χ3v) is 3.27. The summed E-state index contributed by atoms with van der Waals surface area (Å²) in [5, 5.41) is 7.87. The lowest BCUT2D eigenvalue weighted by molar-refractivity contribution is 0.617. The molecule has 0 spiro atoms. The van der Waals surface area contributed by atoms with Gasteiger partial charge < -0.3 is 0 Å². The minimum absolute atomic E-state index is 0.231. The summed E-state index contributed by atoms with van der Waals surface area (Å²) >= 11 is 6.04. The van der Waals surface area contributed by atoms with E-state index in [9.17, 15) is 4.39 Å². The molecule has 2 nitrogen and oxygen atoms in total. The summed E-state index contributed by atoms with van der Waals surface area (Å²) in [4.78, 5) is 0. The van der Waals surface area contributed by atoms with E-state index in [0.717, 1.165) is 23.8 Å². The standard InChI is InChI=1S/C12H14ClFN2/c1-3-4-7(2)11-8-6-15-16-10(8)5-9(14)12(11)13/h5-7H,3-4H2,1-2H3,(H,15,16). The van der Waals surface area contributed by atoms with E-state index in [1.807, 2.05) is 0 Å². The van der Waals surface area contributed by atoms with Crippen LogP contribution in [-0.4, -0.2) is 10.2 Å². The van der Waals surface area contributed by atoms with Crippen LogP contribution >= 0.6 is 11.6 Å². The molecule has 0 radical (unpaired) electrons. The van der Waals surface area contributed by atoms with Crippen molar-refractivity contribution in [3.63, 3.8) is 0 Å². The van der Waals surface area contributed by atoms with Gasteiger partial charge in [-0.05, 0) is 17.9 Å². The minimum atomic E-state index is -0.378. The van der Waals surface area contributed by atoms with Gasteiger partial charge in [0, 0.05) is 11.5 Å². The van der Waals surface area contributed by atoms with E-state index in [4.69, 9.17) is 11.6 Å². The Morgan fingerprint density at radius 3 is 3.00 bits per heavy atom. The smallest absolute Gasteiger partial charge is 0.144 e. The summed E-state index contributed by atoms with van der Waals surface area (Å²) < 4.78 is 13.6. The molecule has 1 aromatic heterocycles. The van der Waals surface area contributed by atoms with Gasteiger partial charge in [-0.25, -0.2) is 4.39 Å². The summed E-state index contributed by atoms with van der Waals surface area (Å²) in [5.41, 5.74) is 1.58. The number of H-pyrrole nitrogens is 1. The van der Waals surface area contributed by atoms with E-state index in [1.165, 1.54) is 6.07 Å². The highest BCUT2D eigenvalue weighted by atomic mass is 35.5. The highest BCUT2D eigenvalue weighted by Crippen LogP contribution is 2.35. The van der Waals surface area contributed by atoms with Gasteiger partial charge in [0.2, 0.25) is 0 Å². The number of aromatic nitrogens is 2. The lowest BCUT2D eigenvalue weighted by atomic mass is 9.93. The van der Waals surface area contributed by atoms with Gasteiger partial charge in [0.05, 0.1) is 16.7 Å². The zero-order valence-electron chi connectivity index (χ0n) is 9.35. The largest absolute Gasteiger partial charge is 0.278 e. The summed E-state index contributed by atoms with van der Waals surface area (Å²) in [6, 6.07) is 1.40. The Morgan fingerprint density at radius 2 is 2.31 bits per heavy atom. The van der Waals surface area contributed by atoms with Crippen molar-refractivity contribution in [2.45, 2.75) is 32.6 Å².